The van der Waals surface area contributed by atoms with Gasteiger partial charge in [0, 0.05) is 5.66 Å². The van der Waals surface area contributed by atoms with E-state index in [1.165, 1.54) is 5.57 Å². The highest BCUT2D eigenvalue weighted by molar-refractivity contribution is 7.18. The molecule has 1 aliphatic carbocycles. The van der Waals surface area contributed by atoms with Gasteiger partial charge in [-0.25, -0.2) is 0 Å². The first-order valence-electron chi connectivity index (χ1n) is 3.65. The molecule has 1 heteroatoms. The SMILES string of the molecule is CC1=CC=CC(C)(C)C1P. The lowest BCUT2D eigenvalue weighted by Gasteiger charge is -2.31. The standard InChI is InChI=1S/C9H15P/c1-7-5-4-6-9(2,3)8(7)10/h4-6,8H,10H2,1-3H3. The van der Waals surface area contributed by atoms with Crippen LogP contribution in [-0.2, 0) is 0 Å². The summed E-state index contributed by atoms with van der Waals surface area (Å²) in [6.07, 6.45) is 6.59. The lowest BCUT2D eigenvalue weighted by Crippen LogP contribution is -2.24. The minimum atomic E-state index is 0.323. The molecule has 1 rings (SSSR count). The highest BCUT2D eigenvalue weighted by Crippen LogP contribution is 2.36. The lowest BCUT2D eigenvalue weighted by atomic mass is 9.82. The highest BCUT2D eigenvalue weighted by Gasteiger charge is 2.25. The molecule has 2 unspecified atom stereocenters. The zero-order valence-electron chi connectivity index (χ0n) is 6.89. The molecule has 0 bridgehead atoms. The summed E-state index contributed by atoms with van der Waals surface area (Å²) in [7, 11) is 2.90. The van der Waals surface area contributed by atoms with Crippen molar-refractivity contribution in [3.63, 3.8) is 0 Å². The fourth-order valence-electron chi connectivity index (χ4n) is 1.24. The molecule has 0 aromatic heterocycles. The van der Waals surface area contributed by atoms with Crippen LogP contribution in [0.25, 0.3) is 0 Å². The van der Waals surface area contributed by atoms with Crippen LogP contribution < -0.4 is 0 Å². The van der Waals surface area contributed by atoms with Crippen molar-refractivity contribution in [2.24, 2.45) is 5.41 Å². The van der Waals surface area contributed by atoms with Crippen molar-refractivity contribution >= 4 is 9.24 Å². The first-order valence-corrected chi connectivity index (χ1v) is 4.32. The second kappa shape index (κ2) is 2.51. The van der Waals surface area contributed by atoms with E-state index in [0.29, 0.717) is 11.1 Å². The summed E-state index contributed by atoms with van der Waals surface area (Å²) in [5.74, 6) is 0. The summed E-state index contributed by atoms with van der Waals surface area (Å²) < 4.78 is 0. The van der Waals surface area contributed by atoms with E-state index in [2.05, 4.69) is 48.2 Å². The van der Waals surface area contributed by atoms with E-state index in [-0.39, 0.29) is 0 Å². The Kier molecular flexibility index (Phi) is 2.01. The zero-order valence-corrected chi connectivity index (χ0v) is 8.04. The molecule has 56 valence electrons. The Morgan fingerprint density at radius 2 is 2.10 bits per heavy atom. The number of hydrogen-bond donors (Lipinski definition) is 0. The summed E-state index contributed by atoms with van der Waals surface area (Å²) in [5, 5.41) is 0. The van der Waals surface area contributed by atoms with Crippen molar-refractivity contribution in [2.75, 3.05) is 0 Å². The summed E-state index contributed by atoms with van der Waals surface area (Å²) in [4.78, 5) is 0. The molecule has 0 spiro atoms. The molecular weight excluding hydrogens is 139 g/mol. The average molecular weight is 154 g/mol. The Hall–Kier alpha value is -0.0900. The number of allylic oxidation sites excluding steroid dienone is 4. The third-order valence-electron chi connectivity index (χ3n) is 2.18. The van der Waals surface area contributed by atoms with E-state index in [9.17, 15) is 0 Å². The van der Waals surface area contributed by atoms with E-state index >= 15 is 0 Å². The Balaban J connectivity index is 2.89. The third-order valence-corrected chi connectivity index (χ3v) is 3.56. The van der Waals surface area contributed by atoms with Crippen molar-refractivity contribution in [2.45, 2.75) is 26.4 Å². The molecule has 0 heterocycles. The second-order valence-corrected chi connectivity index (χ2v) is 4.24. The van der Waals surface area contributed by atoms with Crippen LogP contribution in [0, 0.1) is 5.41 Å². The van der Waals surface area contributed by atoms with Crippen LogP contribution in [0.5, 0.6) is 0 Å². The Morgan fingerprint density at radius 3 is 2.50 bits per heavy atom. The maximum Gasteiger partial charge on any atom is 0.00302 e. The molecule has 0 fully saturated rings. The van der Waals surface area contributed by atoms with Gasteiger partial charge in [-0.15, -0.1) is 9.24 Å². The Labute approximate surface area is 65.6 Å². The largest absolute Gasteiger partial charge is 0.129 e. The molecule has 0 aromatic rings. The number of hydrogen-bond acceptors (Lipinski definition) is 0. The van der Waals surface area contributed by atoms with Crippen molar-refractivity contribution in [3.8, 4) is 0 Å². The van der Waals surface area contributed by atoms with E-state index in [1.807, 2.05) is 0 Å². The van der Waals surface area contributed by atoms with Gasteiger partial charge >= 0.3 is 0 Å². The maximum absolute atomic E-state index is 2.90. The van der Waals surface area contributed by atoms with Crippen LogP contribution >= 0.6 is 9.24 Å². The summed E-state index contributed by atoms with van der Waals surface area (Å²) >= 11 is 0. The van der Waals surface area contributed by atoms with Gasteiger partial charge < -0.3 is 0 Å². The molecule has 1 aliphatic rings. The van der Waals surface area contributed by atoms with Crippen molar-refractivity contribution in [3.05, 3.63) is 23.8 Å². The van der Waals surface area contributed by atoms with Gasteiger partial charge in [0.25, 0.3) is 0 Å². The fourth-order valence-corrected chi connectivity index (χ4v) is 1.46. The third kappa shape index (κ3) is 1.32. The zero-order chi connectivity index (χ0) is 7.78. The van der Waals surface area contributed by atoms with Crippen LogP contribution in [0.2, 0.25) is 0 Å². The lowest BCUT2D eigenvalue weighted by molar-refractivity contribution is 0.483. The topological polar surface area (TPSA) is 0 Å². The summed E-state index contributed by atoms with van der Waals surface area (Å²) in [6.45, 7) is 6.71. The smallest absolute Gasteiger partial charge is 0.00302 e. The van der Waals surface area contributed by atoms with E-state index in [1.54, 1.807) is 0 Å². The minimum absolute atomic E-state index is 0.323. The average Bonchev–Trinajstić information content (AvgIpc) is 1.83. The van der Waals surface area contributed by atoms with Crippen LogP contribution in [0.4, 0.5) is 0 Å². The quantitative estimate of drug-likeness (QED) is 0.470. The van der Waals surface area contributed by atoms with Crippen LogP contribution in [0.15, 0.2) is 23.8 Å². The minimum Gasteiger partial charge on any atom is -0.129 e. The van der Waals surface area contributed by atoms with Gasteiger partial charge in [0.15, 0.2) is 0 Å². The van der Waals surface area contributed by atoms with Gasteiger partial charge in [-0.3, -0.25) is 0 Å². The summed E-state index contributed by atoms with van der Waals surface area (Å²) in [5.41, 5.74) is 2.39. The molecule has 0 radical (unpaired) electrons. The van der Waals surface area contributed by atoms with Gasteiger partial charge in [-0.1, -0.05) is 37.6 Å². The van der Waals surface area contributed by atoms with E-state index < -0.39 is 0 Å². The summed E-state index contributed by atoms with van der Waals surface area (Å²) in [6, 6.07) is 0. The predicted molar refractivity (Wildman–Crippen MR) is 50.2 cm³/mol. The van der Waals surface area contributed by atoms with Crippen LogP contribution in [0.1, 0.15) is 20.8 Å². The predicted octanol–water partition coefficient (Wildman–Crippen LogP) is 2.77. The monoisotopic (exact) mass is 154 g/mol. The van der Waals surface area contributed by atoms with Crippen molar-refractivity contribution in [1.29, 1.82) is 0 Å². The molecule has 0 saturated heterocycles. The van der Waals surface area contributed by atoms with Gasteiger partial charge in [0.1, 0.15) is 0 Å². The number of rotatable bonds is 0. The molecular formula is C9H15P. The normalized spacial score (nSPS) is 30.0. The van der Waals surface area contributed by atoms with Crippen molar-refractivity contribution < 1.29 is 0 Å². The molecule has 0 aromatic carbocycles. The highest BCUT2D eigenvalue weighted by atomic mass is 31.0. The first-order chi connectivity index (χ1) is 4.54. The van der Waals surface area contributed by atoms with Gasteiger partial charge in [-0.05, 0) is 12.3 Å². The molecule has 0 saturated carbocycles. The Morgan fingerprint density at radius 1 is 1.50 bits per heavy atom. The van der Waals surface area contributed by atoms with Gasteiger partial charge in [0.05, 0.1) is 0 Å². The molecule has 0 N–H and O–H groups in total. The second-order valence-electron chi connectivity index (χ2n) is 3.57. The van der Waals surface area contributed by atoms with E-state index in [4.69, 9.17) is 0 Å². The molecule has 10 heavy (non-hydrogen) atoms. The molecule has 0 aliphatic heterocycles. The molecule has 2 atom stereocenters. The van der Waals surface area contributed by atoms with Crippen LogP contribution in [0.3, 0.4) is 0 Å². The van der Waals surface area contributed by atoms with E-state index in [0.717, 1.165) is 0 Å². The van der Waals surface area contributed by atoms with Crippen molar-refractivity contribution in [1.82, 2.24) is 0 Å². The first kappa shape index (κ1) is 8.01. The Bertz CT molecular complexity index is 187. The van der Waals surface area contributed by atoms with Gasteiger partial charge in [-0.2, -0.15) is 0 Å². The maximum atomic E-state index is 2.90. The van der Waals surface area contributed by atoms with Gasteiger partial charge in [0.2, 0.25) is 0 Å². The van der Waals surface area contributed by atoms with Crippen LogP contribution in [-0.4, -0.2) is 5.66 Å². The molecule has 0 nitrogen and oxygen atoms in total. The molecule has 0 amide bonds. The fraction of sp³-hybridized carbons (Fsp3) is 0.556.